The number of carbonyl (C=O) groups is 2. The fourth-order valence-electron chi connectivity index (χ4n) is 2.08. The zero-order chi connectivity index (χ0) is 14.2. The first kappa shape index (κ1) is 13.7. The maximum Gasteiger partial charge on any atom is 0.299 e. The Labute approximate surface area is 113 Å². The van der Waals surface area contributed by atoms with Crippen molar-refractivity contribution in [3.63, 3.8) is 0 Å². The van der Waals surface area contributed by atoms with Crippen LogP contribution in [0.5, 0.6) is 0 Å². The molecule has 0 aromatic heterocycles. The van der Waals surface area contributed by atoms with E-state index in [-0.39, 0.29) is 5.60 Å². The van der Waals surface area contributed by atoms with Crippen molar-refractivity contribution in [2.75, 3.05) is 18.1 Å². The quantitative estimate of drug-likeness (QED) is 0.785. The van der Waals surface area contributed by atoms with E-state index in [1.54, 1.807) is 6.07 Å². The van der Waals surface area contributed by atoms with Crippen molar-refractivity contribution in [2.24, 2.45) is 0 Å². The summed E-state index contributed by atoms with van der Waals surface area (Å²) in [6.45, 7) is 8.60. The van der Waals surface area contributed by atoms with Crippen molar-refractivity contribution in [3.05, 3.63) is 29.3 Å². The number of aryl methyl sites for hydroxylation is 1. The van der Waals surface area contributed by atoms with Gasteiger partial charge in [-0.3, -0.25) is 9.59 Å². The molecule has 0 saturated heterocycles. The highest BCUT2D eigenvalue weighted by molar-refractivity contribution is 6.52. The van der Waals surface area contributed by atoms with Gasteiger partial charge in [0.05, 0.1) is 23.5 Å². The summed E-state index contributed by atoms with van der Waals surface area (Å²) in [6.07, 6.45) is 0. The number of rotatable bonds is 3. The number of hydrogen-bond acceptors (Lipinski definition) is 3. The van der Waals surface area contributed by atoms with Gasteiger partial charge in [-0.1, -0.05) is 11.6 Å². The number of anilines is 1. The number of hydrogen-bond donors (Lipinski definition) is 0. The molecule has 4 nitrogen and oxygen atoms in total. The topological polar surface area (TPSA) is 46.6 Å². The van der Waals surface area contributed by atoms with Crippen LogP contribution in [0.4, 0.5) is 5.69 Å². The van der Waals surface area contributed by atoms with E-state index in [9.17, 15) is 9.59 Å². The zero-order valence-electron chi connectivity index (χ0n) is 11.8. The van der Waals surface area contributed by atoms with Crippen LogP contribution in [0.1, 0.15) is 36.7 Å². The van der Waals surface area contributed by atoms with Crippen LogP contribution in [0.15, 0.2) is 18.2 Å². The first-order valence-corrected chi connectivity index (χ1v) is 6.40. The molecule has 0 fully saturated rings. The van der Waals surface area contributed by atoms with Gasteiger partial charge in [-0.15, -0.1) is 0 Å². The van der Waals surface area contributed by atoms with Crippen molar-refractivity contribution in [1.82, 2.24) is 0 Å². The number of nitrogens with zero attached hydrogens (tertiary/aromatic N) is 1. The van der Waals surface area contributed by atoms with Gasteiger partial charge in [0.25, 0.3) is 11.7 Å². The number of fused-ring (bicyclic) bond motifs is 1. The second kappa shape index (κ2) is 4.78. The standard InChI is InChI=1S/C15H19NO3/c1-10-5-6-12-11(9-10)13(17)14(18)16(12)7-8-19-15(2,3)4/h5-6,9H,7-8H2,1-4H3. The number of amides is 1. The summed E-state index contributed by atoms with van der Waals surface area (Å²) in [4.78, 5) is 25.3. The third-order valence-electron chi connectivity index (χ3n) is 2.98. The number of ketones is 1. The van der Waals surface area contributed by atoms with E-state index < -0.39 is 11.7 Å². The van der Waals surface area contributed by atoms with E-state index in [0.717, 1.165) is 5.56 Å². The molecule has 0 atom stereocenters. The Morgan fingerprint density at radius 2 is 1.89 bits per heavy atom. The average molecular weight is 261 g/mol. The summed E-state index contributed by atoms with van der Waals surface area (Å²) in [6, 6.07) is 5.49. The van der Waals surface area contributed by atoms with Gasteiger partial charge in [0.2, 0.25) is 0 Å². The summed E-state index contributed by atoms with van der Waals surface area (Å²) < 4.78 is 5.61. The molecule has 0 aliphatic carbocycles. The Bertz CT molecular complexity index is 529. The first-order valence-electron chi connectivity index (χ1n) is 6.40. The molecule has 102 valence electrons. The maximum atomic E-state index is 11.9. The second-order valence-electron chi connectivity index (χ2n) is 5.77. The summed E-state index contributed by atoms with van der Waals surface area (Å²) in [5.41, 5.74) is 1.93. The Hall–Kier alpha value is -1.68. The Kier molecular flexibility index (Phi) is 3.45. The minimum Gasteiger partial charge on any atom is -0.374 e. The van der Waals surface area contributed by atoms with E-state index in [1.165, 1.54) is 4.90 Å². The number of ether oxygens (including phenoxy) is 1. The molecule has 1 heterocycles. The molecule has 19 heavy (non-hydrogen) atoms. The van der Waals surface area contributed by atoms with E-state index in [1.807, 2.05) is 39.8 Å². The SMILES string of the molecule is Cc1ccc2c(c1)C(=O)C(=O)N2CCOC(C)(C)C. The number of benzene rings is 1. The molecular formula is C15H19NO3. The lowest BCUT2D eigenvalue weighted by Gasteiger charge is -2.22. The molecule has 0 N–H and O–H groups in total. The molecular weight excluding hydrogens is 242 g/mol. The molecule has 1 aliphatic rings. The second-order valence-corrected chi connectivity index (χ2v) is 5.77. The van der Waals surface area contributed by atoms with Crippen LogP contribution in [0.25, 0.3) is 0 Å². The van der Waals surface area contributed by atoms with E-state index in [0.29, 0.717) is 24.4 Å². The Morgan fingerprint density at radius 3 is 2.53 bits per heavy atom. The molecule has 0 unspecified atom stereocenters. The smallest absolute Gasteiger partial charge is 0.299 e. The van der Waals surface area contributed by atoms with Gasteiger partial charge in [0.15, 0.2) is 0 Å². The van der Waals surface area contributed by atoms with Gasteiger partial charge in [0, 0.05) is 6.54 Å². The molecule has 4 heteroatoms. The van der Waals surface area contributed by atoms with Crippen LogP contribution in [0, 0.1) is 6.92 Å². The Balaban J connectivity index is 2.15. The summed E-state index contributed by atoms with van der Waals surface area (Å²) in [5, 5.41) is 0. The van der Waals surface area contributed by atoms with E-state index in [2.05, 4.69) is 0 Å². The summed E-state index contributed by atoms with van der Waals surface area (Å²) in [5.74, 6) is -0.882. The van der Waals surface area contributed by atoms with Gasteiger partial charge in [-0.2, -0.15) is 0 Å². The van der Waals surface area contributed by atoms with Gasteiger partial charge >= 0.3 is 0 Å². The van der Waals surface area contributed by atoms with Crippen LogP contribution >= 0.6 is 0 Å². The van der Waals surface area contributed by atoms with E-state index in [4.69, 9.17) is 4.74 Å². The third-order valence-corrected chi connectivity index (χ3v) is 2.98. The minimum atomic E-state index is -0.460. The first-order chi connectivity index (χ1) is 8.79. The molecule has 1 aromatic rings. The normalized spacial score (nSPS) is 15.1. The maximum absolute atomic E-state index is 11.9. The molecule has 0 spiro atoms. The van der Waals surface area contributed by atoms with Crippen molar-refractivity contribution < 1.29 is 14.3 Å². The van der Waals surface area contributed by atoms with Crippen LogP contribution < -0.4 is 4.90 Å². The fourth-order valence-corrected chi connectivity index (χ4v) is 2.08. The molecule has 1 aliphatic heterocycles. The van der Waals surface area contributed by atoms with Gasteiger partial charge in [-0.25, -0.2) is 0 Å². The molecule has 2 rings (SSSR count). The number of carbonyl (C=O) groups excluding carboxylic acids is 2. The average Bonchev–Trinajstić information content (AvgIpc) is 2.53. The van der Waals surface area contributed by atoms with E-state index >= 15 is 0 Å². The largest absolute Gasteiger partial charge is 0.374 e. The molecule has 1 aromatic carbocycles. The van der Waals surface area contributed by atoms with Gasteiger partial charge in [-0.05, 0) is 39.8 Å². The van der Waals surface area contributed by atoms with Crippen LogP contribution in [0.2, 0.25) is 0 Å². The van der Waals surface area contributed by atoms with Crippen molar-refractivity contribution in [1.29, 1.82) is 0 Å². The highest BCUT2D eigenvalue weighted by Gasteiger charge is 2.35. The lowest BCUT2D eigenvalue weighted by atomic mass is 10.1. The molecule has 0 bridgehead atoms. The molecule has 0 radical (unpaired) electrons. The minimum absolute atomic E-state index is 0.247. The lowest BCUT2D eigenvalue weighted by molar-refractivity contribution is -0.114. The predicted molar refractivity (Wildman–Crippen MR) is 73.6 cm³/mol. The monoisotopic (exact) mass is 261 g/mol. The Morgan fingerprint density at radius 1 is 1.21 bits per heavy atom. The zero-order valence-corrected chi connectivity index (χ0v) is 11.8. The number of Topliss-reactive ketones (excluding diaryl/α,β-unsaturated/α-hetero) is 1. The van der Waals surface area contributed by atoms with Crippen molar-refractivity contribution in [3.8, 4) is 0 Å². The van der Waals surface area contributed by atoms with Crippen LogP contribution in [0.3, 0.4) is 0 Å². The summed E-state index contributed by atoms with van der Waals surface area (Å²) in [7, 11) is 0. The summed E-state index contributed by atoms with van der Waals surface area (Å²) >= 11 is 0. The highest BCUT2D eigenvalue weighted by Crippen LogP contribution is 2.29. The predicted octanol–water partition coefficient (Wildman–Crippen LogP) is 2.34. The lowest BCUT2D eigenvalue weighted by Crippen LogP contribution is -2.34. The van der Waals surface area contributed by atoms with Crippen molar-refractivity contribution in [2.45, 2.75) is 33.3 Å². The van der Waals surface area contributed by atoms with Crippen molar-refractivity contribution >= 4 is 17.4 Å². The molecule has 0 saturated carbocycles. The fraction of sp³-hybridized carbons (Fsp3) is 0.467. The third kappa shape index (κ3) is 2.84. The molecule has 1 amide bonds. The van der Waals surface area contributed by atoms with Gasteiger partial charge in [0.1, 0.15) is 0 Å². The highest BCUT2D eigenvalue weighted by atomic mass is 16.5. The van der Waals surface area contributed by atoms with Crippen LogP contribution in [-0.2, 0) is 9.53 Å². The van der Waals surface area contributed by atoms with Crippen LogP contribution in [-0.4, -0.2) is 30.4 Å². The van der Waals surface area contributed by atoms with Gasteiger partial charge < -0.3 is 9.64 Å².